The molecule has 2 aromatic carbocycles. The van der Waals surface area contributed by atoms with E-state index in [4.69, 9.17) is 12.3 Å². The van der Waals surface area contributed by atoms with Crippen LogP contribution in [0.15, 0.2) is 54.6 Å². The Bertz CT molecular complexity index is 1040. The largest absolute Gasteiger partial charge is 0.298 e. The second kappa shape index (κ2) is 7.29. The minimum atomic E-state index is -3.26. The van der Waals surface area contributed by atoms with E-state index in [1.54, 1.807) is 57.2 Å². The fourth-order valence-electron chi connectivity index (χ4n) is 1.81. The highest BCUT2D eigenvalue weighted by atomic mass is 15.1. The quantitative estimate of drug-likeness (QED) is 0.728. The van der Waals surface area contributed by atoms with E-state index in [0.717, 1.165) is 0 Å². The lowest BCUT2D eigenvalue weighted by Gasteiger charge is -2.15. The van der Waals surface area contributed by atoms with E-state index < -0.39 is 37.5 Å². The molecule has 2 aromatic rings. The Morgan fingerprint density at radius 1 is 1.23 bits per heavy atom. The first kappa shape index (κ1) is 7.99. The van der Waals surface area contributed by atoms with Crippen molar-refractivity contribution in [3.63, 3.8) is 0 Å². The molecule has 0 amide bonds. The summed E-state index contributed by atoms with van der Waals surface area (Å²) in [4.78, 5) is 0.0322. The Hall–Kier alpha value is -2.04. The monoisotopic (exact) mass is 300 g/mol. The molecular weight excluding hydrogens is 266 g/mol. The maximum atomic E-state index is 8.64. The van der Waals surface area contributed by atoms with Gasteiger partial charge in [0.2, 0.25) is 0 Å². The predicted octanol–water partition coefficient (Wildman–Crippen LogP) is 4.88. The van der Waals surface area contributed by atoms with Crippen LogP contribution in [-0.4, -0.2) is 18.4 Å². The number of rotatable bonds is 4. The molecule has 2 rings (SSSR count). The molecule has 0 atom stereocenters. The standard InChI is InChI=1S/C21H25N/c1-21(2,3)15-8-5-9-16-22(4)17-19-13-10-12-18-11-6-7-14-20(18)19/h5-7,9-14H,16-17H2,1-4H3/b9-5+/i4D3,5D,9D,16D2,17D2. The average molecular weight is 300 g/mol. The molecule has 0 radical (unpaired) electrons. The molecule has 0 aliphatic carbocycles. The van der Waals surface area contributed by atoms with Crippen LogP contribution in [0.5, 0.6) is 0 Å². The summed E-state index contributed by atoms with van der Waals surface area (Å²) >= 11 is 0. The Morgan fingerprint density at radius 3 is 2.77 bits per heavy atom. The highest BCUT2D eigenvalue weighted by Gasteiger charge is 2.03. The third kappa shape index (κ3) is 5.06. The van der Waals surface area contributed by atoms with E-state index in [0.29, 0.717) is 10.8 Å². The first-order valence-corrected chi connectivity index (χ1v) is 6.99. The van der Waals surface area contributed by atoms with Crippen LogP contribution < -0.4 is 0 Å². The van der Waals surface area contributed by atoms with Crippen LogP contribution in [0.4, 0.5) is 0 Å². The molecule has 22 heavy (non-hydrogen) atoms. The summed E-state index contributed by atoms with van der Waals surface area (Å²) in [5, 5.41) is 1.09. The molecule has 0 saturated heterocycles. The molecule has 0 unspecified atom stereocenters. The molecular formula is C21H25N. The third-order valence-electron chi connectivity index (χ3n) is 2.75. The van der Waals surface area contributed by atoms with E-state index in [-0.39, 0.29) is 10.5 Å². The maximum absolute atomic E-state index is 8.64. The molecule has 114 valence electrons. The fraction of sp³-hybridized carbons (Fsp3) is 0.333. The molecule has 0 saturated carbocycles. The Kier molecular flexibility index (Phi) is 2.65. The molecule has 0 aromatic heterocycles. The van der Waals surface area contributed by atoms with Gasteiger partial charge in [0.25, 0.3) is 0 Å². The zero-order valence-corrected chi connectivity index (χ0v) is 13.0. The second-order valence-corrected chi connectivity index (χ2v) is 5.84. The van der Waals surface area contributed by atoms with Crippen molar-refractivity contribution in [1.29, 1.82) is 0 Å². The van der Waals surface area contributed by atoms with Gasteiger partial charge in [-0.05, 0) is 50.1 Å². The van der Waals surface area contributed by atoms with Crippen molar-refractivity contribution in [2.24, 2.45) is 5.41 Å². The summed E-state index contributed by atoms with van der Waals surface area (Å²) in [5.74, 6) is 5.10. The van der Waals surface area contributed by atoms with Crippen molar-refractivity contribution in [3.05, 3.63) is 60.1 Å². The zero-order valence-electron chi connectivity index (χ0n) is 22.0. The lowest BCUT2D eigenvalue weighted by Crippen LogP contribution is -2.17. The number of likely N-dealkylation sites (N-methyl/N-ethyl adjacent to an activating group) is 1. The highest BCUT2D eigenvalue weighted by Crippen LogP contribution is 2.19. The maximum Gasteiger partial charge on any atom is 0.0717 e. The number of fused-ring (bicyclic) bond motifs is 1. The van der Waals surface area contributed by atoms with E-state index in [1.807, 2.05) is 0 Å². The van der Waals surface area contributed by atoms with E-state index in [2.05, 4.69) is 11.8 Å². The molecule has 1 nitrogen and oxygen atoms in total. The summed E-state index contributed by atoms with van der Waals surface area (Å²) in [6.45, 7) is -3.90. The average Bonchev–Trinajstić information content (AvgIpc) is 2.62. The van der Waals surface area contributed by atoms with Gasteiger partial charge in [-0.15, -0.1) is 0 Å². The van der Waals surface area contributed by atoms with Crippen molar-refractivity contribution in [3.8, 4) is 11.8 Å². The molecule has 0 fully saturated rings. The number of benzene rings is 2. The van der Waals surface area contributed by atoms with Crippen molar-refractivity contribution in [2.45, 2.75) is 27.3 Å². The van der Waals surface area contributed by atoms with Gasteiger partial charge >= 0.3 is 0 Å². The molecule has 0 spiro atoms. The Morgan fingerprint density at radius 2 is 2.00 bits per heavy atom. The van der Waals surface area contributed by atoms with E-state index >= 15 is 0 Å². The minimum Gasteiger partial charge on any atom is -0.298 e. The van der Waals surface area contributed by atoms with Gasteiger partial charge in [-0.3, -0.25) is 4.90 Å². The van der Waals surface area contributed by atoms with Crippen LogP contribution in [0, 0.1) is 17.3 Å². The van der Waals surface area contributed by atoms with E-state index in [1.165, 1.54) is 6.07 Å². The summed E-state index contributed by atoms with van der Waals surface area (Å²) in [7, 11) is 0. The van der Waals surface area contributed by atoms with Crippen LogP contribution in [0.2, 0.25) is 0 Å². The predicted molar refractivity (Wildman–Crippen MR) is 96.7 cm³/mol. The zero-order chi connectivity index (χ0) is 23.8. The van der Waals surface area contributed by atoms with Crippen LogP contribution >= 0.6 is 0 Å². The molecule has 0 N–H and O–H groups in total. The van der Waals surface area contributed by atoms with Crippen molar-refractivity contribution in [2.75, 3.05) is 13.5 Å². The fourth-order valence-corrected chi connectivity index (χ4v) is 1.81. The van der Waals surface area contributed by atoms with Gasteiger partial charge in [0.15, 0.2) is 0 Å². The van der Waals surface area contributed by atoms with Gasteiger partial charge in [-0.25, -0.2) is 0 Å². The lowest BCUT2D eigenvalue weighted by atomic mass is 9.98. The van der Waals surface area contributed by atoms with Gasteiger partial charge < -0.3 is 0 Å². The number of hydrogen-bond acceptors (Lipinski definition) is 1. The lowest BCUT2D eigenvalue weighted by molar-refractivity contribution is 0.365. The van der Waals surface area contributed by atoms with Gasteiger partial charge in [0.1, 0.15) is 0 Å². The molecule has 0 bridgehead atoms. The van der Waals surface area contributed by atoms with Gasteiger partial charge in [0.05, 0.1) is 2.74 Å². The summed E-state index contributed by atoms with van der Waals surface area (Å²) < 4.78 is 73.8. The smallest absolute Gasteiger partial charge is 0.0717 e. The van der Waals surface area contributed by atoms with E-state index in [9.17, 15) is 0 Å². The molecule has 0 aliphatic heterocycles. The van der Waals surface area contributed by atoms with Gasteiger partial charge in [-0.2, -0.15) is 0 Å². The Labute approximate surface area is 147 Å². The normalized spacial score (nSPS) is 20.6. The van der Waals surface area contributed by atoms with Crippen LogP contribution in [0.3, 0.4) is 0 Å². The summed E-state index contributed by atoms with van der Waals surface area (Å²) in [6.07, 6.45) is 0. The molecule has 0 aliphatic rings. The van der Waals surface area contributed by atoms with Crippen LogP contribution in [0.1, 0.15) is 38.7 Å². The number of nitrogens with zero attached hydrogens (tertiary/aromatic N) is 1. The van der Waals surface area contributed by atoms with Gasteiger partial charge in [-0.1, -0.05) is 60.4 Å². The highest BCUT2D eigenvalue weighted by molar-refractivity contribution is 5.85. The van der Waals surface area contributed by atoms with Crippen molar-refractivity contribution < 1.29 is 12.3 Å². The number of allylic oxidation sites excluding steroid dienone is 1. The Balaban J connectivity index is 2.73. The first-order chi connectivity index (χ1) is 14.0. The molecule has 0 heterocycles. The second-order valence-electron chi connectivity index (χ2n) is 5.84. The summed E-state index contributed by atoms with van der Waals surface area (Å²) in [5.41, 5.74) is -0.564. The van der Waals surface area contributed by atoms with Crippen LogP contribution in [-0.2, 0) is 6.50 Å². The van der Waals surface area contributed by atoms with Gasteiger partial charge in [0, 0.05) is 28.0 Å². The first-order valence-electron chi connectivity index (χ1n) is 11.5. The summed E-state index contributed by atoms with van der Waals surface area (Å²) in [6, 6.07) is 9.76. The third-order valence-corrected chi connectivity index (χ3v) is 2.75. The van der Waals surface area contributed by atoms with Crippen molar-refractivity contribution in [1.82, 2.24) is 4.90 Å². The van der Waals surface area contributed by atoms with Crippen molar-refractivity contribution >= 4 is 10.8 Å². The topological polar surface area (TPSA) is 3.24 Å². The minimum absolute atomic E-state index is 0.0322. The number of hydrogen-bond donors (Lipinski definition) is 0. The SMILES string of the molecule is [2H]/C(C#CC(C)(C)C)=C(/[2H])C([2H])([2H])N(C([2H])([2H])[2H])C([2H])([2H])c1cccc2ccccc12. The van der Waals surface area contributed by atoms with Crippen LogP contribution in [0.25, 0.3) is 10.8 Å². The molecule has 1 heteroatoms.